The van der Waals surface area contributed by atoms with Crippen molar-refractivity contribution >= 4 is 7.94 Å². The van der Waals surface area contributed by atoms with Gasteiger partial charge in [-0.25, -0.2) is 0 Å². The van der Waals surface area contributed by atoms with Crippen LogP contribution in [0.15, 0.2) is 12.2 Å². The fourth-order valence-electron chi connectivity index (χ4n) is 2.57. The van der Waals surface area contributed by atoms with Crippen LogP contribution in [0.25, 0.3) is 0 Å². The maximum absolute atomic E-state index is 8.85. The lowest BCUT2D eigenvalue weighted by molar-refractivity contribution is 0.328. The predicted octanol–water partition coefficient (Wildman–Crippen LogP) is 5.76. The summed E-state index contributed by atoms with van der Waals surface area (Å²) >= 11 is 0. The minimum absolute atomic E-state index is 0.161. The van der Waals surface area contributed by atoms with E-state index in [2.05, 4.69) is 19.1 Å². The summed E-state index contributed by atoms with van der Waals surface area (Å²) < 4.78 is 0. The molecule has 22 heavy (non-hydrogen) atoms. The second-order valence-electron chi connectivity index (χ2n) is 6.35. The largest absolute Gasteiger partial charge is 0.403 e. The van der Waals surface area contributed by atoms with Gasteiger partial charge in [0.2, 0.25) is 0 Å². The van der Waals surface area contributed by atoms with E-state index in [9.17, 15) is 0 Å². The summed E-state index contributed by atoms with van der Waals surface area (Å²) in [5.41, 5.74) is 0. The number of hydrogen-bond acceptors (Lipinski definition) is 3. The third-order valence-corrected chi connectivity index (χ3v) is 4.89. The Kier molecular flexibility index (Phi) is 16.0. The van der Waals surface area contributed by atoms with Crippen molar-refractivity contribution < 1.29 is 14.7 Å². The zero-order chi connectivity index (χ0) is 16.5. The molecular weight excluding hydrogens is 295 g/mol. The van der Waals surface area contributed by atoms with Crippen molar-refractivity contribution in [2.24, 2.45) is 0 Å². The van der Waals surface area contributed by atoms with Crippen molar-refractivity contribution in [2.45, 2.75) is 96.8 Å². The first-order chi connectivity index (χ1) is 10.6. The van der Waals surface area contributed by atoms with Crippen LogP contribution in [0.1, 0.15) is 96.8 Å². The Labute approximate surface area is 138 Å². The molecule has 0 rings (SSSR count). The number of hydrogen-bond donors (Lipinski definition) is 3. The molecule has 0 aliphatic heterocycles. The molecule has 0 saturated heterocycles. The van der Waals surface area contributed by atoms with Crippen LogP contribution in [0, 0.1) is 0 Å². The summed E-state index contributed by atoms with van der Waals surface area (Å²) in [6.45, 7) is 2.26. The fraction of sp³-hybridized carbons (Fsp3) is 0.889. The Morgan fingerprint density at radius 3 is 1.45 bits per heavy atom. The average molecular weight is 333 g/mol. The summed E-state index contributed by atoms with van der Waals surface area (Å²) in [7, 11) is -3.51. The molecule has 4 heteroatoms. The van der Waals surface area contributed by atoms with Gasteiger partial charge in [-0.15, -0.1) is 0 Å². The summed E-state index contributed by atoms with van der Waals surface area (Å²) in [6.07, 6.45) is 22.0. The third-order valence-electron chi connectivity index (χ3n) is 3.97. The van der Waals surface area contributed by atoms with Gasteiger partial charge in [-0.2, -0.15) is 14.7 Å². The first-order valence-corrected chi connectivity index (χ1v) is 11.1. The van der Waals surface area contributed by atoms with Gasteiger partial charge in [-0.05, 0) is 38.5 Å². The summed E-state index contributed by atoms with van der Waals surface area (Å²) in [4.78, 5) is 26.5. The van der Waals surface area contributed by atoms with E-state index in [1.807, 2.05) is 0 Å². The lowest BCUT2D eigenvalue weighted by Crippen LogP contribution is -1.94. The van der Waals surface area contributed by atoms with E-state index in [4.69, 9.17) is 14.7 Å². The third kappa shape index (κ3) is 20.1. The van der Waals surface area contributed by atoms with E-state index in [0.717, 1.165) is 19.3 Å². The predicted molar refractivity (Wildman–Crippen MR) is 97.9 cm³/mol. The van der Waals surface area contributed by atoms with E-state index >= 15 is 0 Å². The Bertz CT molecular complexity index is 249. The molecule has 0 heterocycles. The molecule has 0 fully saturated rings. The molecule has 0 aliphatic carbocycles. The second kappa shape index (κ2) is 15.9. The van der Waals surface area contributed by atoms with Gasteiger partial charge in [-0.1, -0.05) is 70.4 Å². The van der Waals surface area contributed by atoms with Crippen molar-refractivity contribution in [3.8, 4) is 0 Å². The van der Waals surface area contributed by atoms with Crippen LogP contribution in [0.4, 0.5) is 0 Å². The fourth-order valence-corrected chi connectivity index (χ4v) is 3.22. The van der Waals surface area contributed by atoms with Crippen molar-refractivity contribution in [2.75, 3.05) is 6.16 Å². The SMILES string of the molecule is CCCCCCCC/C=C\CCCCCCCC[P+](O)(O)O. The molecule has 0 bridgehead atoms. The van der Waals surface area contributed by atoms with Crippen LogP contribution in [-0.4, -0.2) is 20.8 Å². The lowest BCUT2D eigenvalue weighted by Gasteiger charge is -2.03. The standard InChI is InChI=1S/C18H38O3P/c1-2-3-4-5-6-7-8-9-10-11-12-13-14-15-16-17-18-22(19,20)21/h9-10,19-21H,2-8,11-18H2,1H3/q+1/b10-9-. The molecule has 3 N–H and O–H groups in total. The zero-order valence-electron chi connectivity index (χ0n) is 14.6. The molecule has 0 aliphatic rings. The van der Waals surface area contributed by atoms with Crippen LogP contribution in [0.5, 0.6) is 0 Å². The maximum atomic E-state index is 8.85. The monoisotopic (exact) mass is 333 g/mol. The molecule has 0 atom stereocenters. The molecule has 3 nitrogen and oxygen atoms in total. The van der Waals surface area contributed by atoms with E-state index in [1.54, 1.807) is 0 Å². The van der Waals surface area contributed by atoms with Gasteiger partial charge in [0.05, 0.1) is 0 Å². The molecular formula is C18H38O3P+. The number of rotatable bonds is 16. The van der Waals surface area contributed by atoms with Gasteiger partial charge in [-0.3, -0.25) is 0 Å². The number of unbranched alkanes of at least 4 members (excludes halogenated alkanes) is 12. The minimum Gasteiger partial charge on any atom is -0.193 e. The average Bonchev–Trinajstić information content (AvgIpc) is 2.45. The van der Waals surface area contributed by atoms with Gasteiger partial charge < -0.3 is 0 Å². The van der Waals surface area contributed by atoms with Gasteiger partial charge in [0.25, 0.3) is 0 Å². The van der Waals surface area contributed by atoms with Crippen LogP contribution in [-0.2, 0) is 0 Å². The normalized spacial score (nSPS) is 12.4. The molecule has 0 aromatic rings. The molecule has 0 aromatic heterocycles. The van der Waals surface area contributed by atoms with Gasteiger partial charge in [0, 0.05) is 0 Å². The quantitative estimate of drug-likeness (QED) is 0.191. The van der Waals surface area contributed by atoms with Crippen molar-refractivity contribution in [1.82, 2.24) is 0 Å². The molecule has 132 valence electrons. The first-order valence-electron chi connectivity index (χ1n) is 9.27. The highest BCUT2D eigenvalue weighted by Gasteiger charge is 2.27. The molecule has 0 radical (unpaired) electrons. The van der Waals surface area contributed by atoms with Crippen LogP contribution in [0.3, 0.4) is 0 Å². The summed E-state index contributed by atoms with van der Waals surface area (Å²) in [5.74, 6) is 0. The second-order valence-corrected chi connectivity index (χ2v) is 8.19. The Morgan fingerprint density at radius 1 is 0.591 bits per heavy atom. The van der Waals surface area contributed by atoms with E-state index in [1.165, 1.54) is 70.6 Å². The Hall–Kier alpha value is 0.0500. The number of allylic oxidation sites excluding steroid dienone is 2. The maximum Gasteiger partial charge on any atom is 0.403 e. The highest BCUT2D eigenvalue weighted by molar-refractivity contribution is 7.58. The zero-order valence-corrected chi connectivity index (χ0v) is 15.4. The van der Waals surface area contributed by atoms with Gasteiger partial charge in [0.1, 0.15) is 6.16 Å². The summed E-state index contributed by atoms with van der Waals surface area (Å²) in [6, 6.07) is 0. The van der Waals surface area contributed by atoms with Gasteiger partial charge >= 0.3 is 7.94 Å². The van der Waals surface area contributed by atoms with Crippen LogP contribution >= 0.6 is 7.94 Å². The van der Waals surface area contributed by atoms with Crippen LogP contribution in [0.2, 0.25) is 0 Å². The molecule has 0 saturated carbocycles. The van der Waals surface area contributed by atoms with Crippen LogP contribution < -0.4 is 0 Å². The Balaban J connectivity index is 3.11. The van der Waals surface area contributed by atoms with Gasteiger partial charge in [0.15, 0.2) is 0 Å². The minimum atomic E-state index is -3.51. The van der Waals surface area contributed by atoms with Crippen molar-refractivity contribution in [3.63, 3.8) is 0 Å². The molecule has 0 unspecified atom stereocenters. The highest BCUT2D eigenvalue weighted by atomic mass is 31.2. The molecule has 0 aromatic carbocycles. The smallest absolute Gasteiger partial charge is 0.193 e. The molecule has 0 amide bonds. The van der Waals surface area contributed by atoms with E-state index in [-0.39, 0.29) is 6.16 Å². The first kappa shape index (κ1) is 22.1. The lowest BCUT2D eigenvalue weighted by atomic mass is 10.1. The Morgan fingerprint density at radius 2 is 1.00 bits per heavy atom. The molecule has 0 spiro atoms. The topological polar surface area (TPSA) is 60.7 Å². The van der Waals surface area contributed by atoms with Crippen molar-refractivity contribution in [1.29, 1.82) is 0 Å². The van der Waals surface area contributed by atoms with E-state index < -0.39 is 7.94 Å². The van der Waals surface area contributed by atoms with E-state index in [0.29, 0.717) is 0 Å². The van der Waals surface area contributed by atoms with Crippen molar-refractivity contribution in [3.05, 3.63) is 12.2 Å². The highest BCUT2D eigenvalue weighted by Crippen LogP contribution is 2.45. The summed E-state index contributed by atoms with van der Waals surface area (Å²) in [5, 5.41) is 0.